The molecule has 4 heteroatoms. The van der Waals surface area contributed by atoms with Gasteiger partial charge in [0, 0.05) is 5.56 Å². The first kappa shape index (κ1) is 15.5. The van der Waals surface area contributed by atoms with E-state index < -0.39 is 5.97 Å². The monoisotopic (exact) mass is 294 g/mol. The molecule has 0 aromatic heterocycles. The van der Waals surface area contributed by atoms with E-state index in [-0.39, 0.29) is 5.71 Å². The number of para-hydroxylation sites is 1. The molecular weight excluding hydrogens is 276 g/mol. The molecule has 0 radical (unpaired) electrons. The lowest BCUT2D eigenvalue weighted by Crippen LogP contribution is -2.18. The van der Waals surface area contributed by atoms with Gasteiger partial charge in [-0.05, 0) is 18.1 Å². The van der Waals surface area contributed by atoms with E-state index in [2.05, 4.69) is 17.1 Å². The fourth-order valence-electron chi connectivity index (χ4n) is 2.00. The van der Waals surface area contributed by atoms with E-state index >= 15 is 0 Å². The summed E-state index contributed by atoms with van der Waals surface area (Å²) in [5.74, 6) is -0.486. The predicted octanol–water partition coefficient (Wildman–Crippen LogP) is 3.40. The number of hydrogen-bond donors (Lipinski definition) is 1. The summed E-state index contributed by atoms with van der Waals surface area (Å²) >= 11 is 0. The third kappa shape index (κ3) is 3.82. The third-order valence-corrected chi connectivity index (χ3v) is 3.10. The Kier molecular flexibility index (Phi) is 5.49. The molecule has 1 N–H and O–H groups in total. The Morgan fingerprint density at radius 2 is 1.86 bits per heavy atom. The number of rotatable bonds is 6. The van der Waals surface area contributed by atoms with Gasteiger partial charge in [0.05, 0.1) is 12.8 Å². The molecule has 22 heavy (non-hydrogen) atoms. The summed E-state index contributed by atoms with van der Waals surface area (Å²) in [7, 11) is 1.34. The van der Waals surface area contributed by atoms with Crippen molar-refractivity contribution in [3.63, 3.8) is 0 Å². The summed E-state index contributed by atoms with van der Waals surface area (Å²) in [5, 5.41) is 4.24. The van der Waals surface area contributed by atoms with E-state index in [9.17, 15) is 4.79 Å². The van der Waals surface area contributed by atoms with Crippen molar-refractivity contribution < 1.29 is 9.53 Å². The topological polar surface area (TPSA) is 50.7 Å². The van der Waals surface area contributed by atoms with Gasteiger partial charge in [-0.2, -0.15) is 5.10 Å². The second-order valence-corrected chi connectivity index (χ2v) is 4.58. The van der Waals surface area contributed by atoms with Crippen LogP contribution in [-0.4, -0.2) is 18.8 Å². The van der Waals surface area contributed by atoms with Crippen LogP contribution in [0.4, 0.5) is 5.69 Å². The maximum absolute atomic E-state index is 11.9. The number of allylic oxidation sites excluding steroid dienone is 1. The molecule has 0 amide bonds. The van der Waals surface area contributed by atoms with Crippen molar-refractivity contribution in [2.45, 2.75) is 6.42 Å². The molecule has 112 valence electrons. The highest BCUT2D eigenvalue weighted by molar-refractivity contribution is 6.43. The summed E-state index contributed by atoms with van der Waals surface area (Å²) in [6.45, 7) is 3.74. The number of anilines is 1. The quantitative estimate of drug-likeness (QED) is 0.384. The number of carbonyl (C=O) groups is 1. The van der Waals surface area contributed by atoms with Gasteiger partial charge in [0.25, 0.3) is 0 Å². The zero-order chi connectivity index (χ0) is 15.8. The minimum atomic E-state index is -0.486. The first-order chi connectivity index (χ1) is 10.8. The number of methoxy groups -OCH3 is 1. The molecule has 0 fully saturated rings. The molecule has 0 aliphatic rings. The number of carbonyl (C=O) groups excluding carboxylic acids is 1. The van der Waals surface area contributed by atoms with Crippen LogP contribution in [0.15, 0.2) is 72.4 Å². The average Bonchev–Trinajstić information content (AvgIpc) is 2.57. The van der Waals surface area contributed by atoms with Crippen LogP contribution >= 0.6 is 0 Å². The van der Waals surface area contributed by atoms with Gasteiger partial charge in [0.1, 0.15) is 0 Å². The van der Waals surface area contributed by atoms with Crippen molar-refractivity contribution in [2.75, 3.05) is 12.5 Å². The first-order valence-corrected chi connectivity index (χ1v) is 6.92. The summed E-state index contributed by atoms with van der Waals surface area (Å²) < 4.78 is 4.81. The standard InChI is InChI=1S/C18H18N2O2/c1-3-9-14-10-7-8-13-16(14)19-20-17(18(21)22-2)15-11-5-4-6-12-15/h3-8,10-13,19H,1,9H2,2H3/b20-17+. The highest BCUT2D eigenvalue weighted by Crippen LogP contribution is 2.16. The predicted molar refractivity (Wildman–Crippen MR) is 89.0 cm³/mol. The van der Waals surface area contributed by atoms with Crippen LogP contribution in [0.2, 0.25) is 0 Å². The maximum atomic E-state index is 11.9. The van der Waals surface area contributed by atoms with Crippen LogP contribution in [-0.2, 0) is 16.0 Å². The average molecular weight is 294 g/mol. The molecule has 0 heterocycles. The second kappa shape index (κ2) is 7.78. The number of benzene rings is 2. The molecule has 0 unspecified atom stereocenters. The summed E-state index contributed by atoms with van der Waals surface area (Å²) in [4.78, 5) is 11.9. The van der Waals surface area contributed by atoms with E-state index in [1.807, 2.05) is 60.7 Å². The summed E-state index contributed by atoms with van der Waals surface area (Å²) in [6, 6.07) is 16.9. The number of esters is 1. The highest BCUT2D eigenvalue weighted by Gasteiger charge is 2.14. The summed E-state index contributed by atoms with van der Waals surface area (Å²) in [5.41, 5.74) is 5.77. The Labute approximate surface area is 130 Å². The van der Waals surface area contributed by atoms with Crippen LogP contribution in [0.3, 0.4) is 0 Å². The number of nitrogens with zero attached hydrogens (tertiary/aromatic N) is 1. The van der Waals surface area contributed by atoms with Gasteiger partial charge in [-0.1, -0.05) is 54.6 Å². The lowest BCUT2D eigenvalue weighted by molar-refractivity contribution is -0.132. The van der Waals surface area contributed by atoms with Gasteiger partial charge in [0.2, 0.25) is 0 Å². The lowest BCUT2D eigenvalue weighted by Gasteiger charge is -2.09. The Hall–Kier alpha value is -2.88. The van der Waals surface area contributed by atoms with E-state index in [4.69, 9.17) is 4.74 Å². The van der Waals surface area contributed by atoms with Crippen molar-refractivity contribution in [3.05, 3.63) is 78.4 Å². The number of nitrogens with one attached hydrogen (secondary N) is 1. The smallest absolute Gasteiger partial charge is 0.359 e. The molecule has 0 bridgehead atoms. The van der Waals surface area contributed by atoms with E-state index in [1.165, 1.54) is 7.11 Å². The Morgan fingerprint density at radius 3 is 2.55 bits per heavy atom. The molecule has 0 saturated heterocycles. The molecule has 4 nitrogen and oxygen atoms in total. The largest absolute Gasteiger partial charge is 0.464 e. The number of hydrazone groups is 1. The molecule has 2 rings (SSSR count). The van der Waals surface area contributed by atoms with Gasteiger partial charge in [-0.25, -0.2) is 4.79 Å². The normalized spacial score (nSPS) is 10.9. The Morgan fingerprint density at radius 1 is 1.18 bits per heavy atom. The van der Waals surface area contributed by atoms with Crippen molar-refractivity contribution >= 4 is 17.4 Å². The van der Waals surface area contributed by atoms with Crippen LogP contribution in [0.1, 0.15) is 11.1 Å². The second-order valence-electron chi connectivity index (χ2n) is 4.58. The van der Waals surface area contributed by atoms with E-state index in [0.717, 1.165) is 17.7 Å². The van der Waals surface area contributed by atoms with Gasteiger partial charge < -0.3 is 4.74 Å². The Bertz CT molecular complexity index is 678. The zero-order valence-electron chi connectivity index (χ0n) is 12.5. The number of hydrogen-bond acceptors (Lipinski definition) is 4. The van der Waals surface area contributed by atoms with Gasteiger partial charge in [-0.3, -0.25) is 5.43 Å². The zero-order valence-corrected chi connectivity index (χ0v) is 12.5. The van der Waals surface area contributed by atoms with Crippen LogP contribution in [0.25, 0.3) is 0 Å². The molecule has 2 aromatic rings. The fourth-order valence-corrected chi connectivity index (χ4v) is 2.00. The molecule has 0 saturated carbocycles. The van der Waals surface area contributed by atoms with Crippen LogP contribution < -0.4 is 5.43 Å². The minimum Gasteiger partial charge on any atom is -0.464 e. The Balaban J connectivity index is 2.31. The molecule has 0 spiro atoms. The molecule has 0 aliphatic carbocycles. The first-order valence-electron chi connectivity index (χ1n) is 6.92. The SMILES string of the molecule is C=CCc1ccccc1N/N=C(/C(=O)OC)c1ccccc1. The lowest BCUT2D eigenvalue weighted by atomic mass is 10.1. The van der Waals surface area contributed by atoms with Crippen molar-refractivity contribution in [2.24, 2.45) is 5.10 Å². The van der Waals surface area contributed by atoms with Crippen molar-refractivity contribution in [1.82, 2.24) is 0 Å². The molecular formula is C18H18N2O2. The number of ether oxygens (including phenoxy) is 1. The molecule has 0 atom stereocenters. The van der Waals surface area contributed by atoms with Crippen LogP contribution in [0, 0.1) is 0 Å². The fraction of sp³-hybridized carbons (Fsp3) is 0.111. The third-order valence-electron chi connectivity index (χ3n) is 3.10. The van der Waals surface area contributed by atoms with E-state index in [1.54, 1.807) is 0 Å². The van der Waals surface area contributed by atoms with Gasteiger partial charge in [0.15, 0.2) is 5.71 Å². The van der Waals surface area contributed by atoms with E-state index in [0.29, 0.717) is 5.56 Å². The summed E-state index contributed by atoms with van der Waals surface area (Å²) in [6.07, 6.45) is 2.54. The highest BCUT2D eigenvalue weighted by atomic mass is 16.5. The maximum Gasteiger partial charge on any atom is 0.359 e. The van der Waals surface area contributed by atoms with Gasteiger partial charge >= 0.3 is 5.97 Å². The van der Waals surface area contributed by atoms with Gasteiger partial charge in [-0.15, -0.1) is 6.58 Å². The van der Waals surface area contributed by atoms with Crippen molar-refractivity contribution in [1.29, 1.82) is 0 Å². The minimum absolute atomic E-state index is 0.233. The van der Waals surface area contributed by atoms with Crippen molar-refractivity contribution in [3.8, 4) is 0 Å². The molecule has 0 aliphatic heterocycles. The molecule has 2 aromatic carbocycles. The van der Waals surface area contributed by atoms with Crippen LogP contribution in [0.5, 0.6) is 0 Å².